The van der Waals surface area contributed by atoms with Gasteiger partial charge in [0.2, 0.25) is 0 Å². The van der Waals surface area contributed by atoms with E-state index < -0.39 is 0 Å². The molecule has 0 bridgehead atoms. The quantitative estimate of drug-likeness (QED) is 0.269. The van der Waals surface area contributed by atoms with Gasteiger partial charge in [-0.3, -0.25) is 0 Å². The van der Waals surface area contributed by atoms with E-state index in [1.807, 2.05) is 0 Å². The molecule has 6 rings (SSSR count). The fourth-order valence-corrected chi connectivity index (χ4v) is 12.6. The third kappa shape index (κ3) is 8.60. The summed E-state index contributed by atoms with van der Waals surface area (Å²) in [7, 11) is 0.372. The Kier molecular flexibility index (Phi) is 11.8. The summed E-state index contributed by atoms with van der Waals surface area (Å²) >= 11 is 0. The summed E-state index contributed by atoms with van der Waals surface area (Å²) in [6.07, 6.45) is 27.0. The van der Waals surface area contributed by atoms with Gasteiger partial charge in [-0.05, 0) is 126 Å². The lowest BCUT2D eigenvalue weighted by Crippen LogP contribution is -2.49. The average Bonchev–Trinajstić information content (AvgIpc) is 3.00. The Hall–Kier alpha value is 0.110. The number of ether oxygens (including phenoxy) is 6. The first-order valence-corrected chi connectivity index (χ1v) is 18.7. The van der Waals surface area contributed by atoms with Gasteiger partial charge in [0.25, 0.3) is 0 Å². The molecule has 6 aliphatic rings. The van der Waals surface area contributed by atoms with Crippen molar-refractivity contribution >= 4 is 10.9 Å². The second kappa shape index (κ2) is 15.7. The molecule has 3 heterocycles. The van der Waals surface area contributed by atoms with Crippen LogP contribution in [0.1, 0.15) is 135 Å². The van der Waals surface area contributed by atoms with Gasteiger partial charge in [-0.2, -0.15) is 0 Å². The molecule has 3 aliphatic heterocycles. The first kappa shape index (κ1) is 30.1. The van der Waals surface area contributed by atoms with Crippen molar-refractivity contribution in [2.45, 2.75) is 188 Å². The second-order valence-corrected chi connectivity index (χ2v) is 16.3. The van der Waals surface area contributed by atoms with Crippen LogP contribution in [0, 0.1) is 0 Å². The zero-order chi connectivity index (χ0) is 27.0. The van der Waals surface area contributed by atoms with Crippen LogP contribution in [0.15, 0.2) is 0 Å². The van der Waals surface area contributed by atoms with Crippen molar-refractivity contribution in [1.82, 2.24) is 0 Å². The van der Waals surface area contributed by atoms with E-state index in [4.69, 9.17) is 28.4 Å². The van der Waals surface area contributed by atoms with E-state index in [1.54, 1.807) is 0 Å². The van der Waals surface area contributed by atoms with Crippen molar-refractivity contribution in [3.05, 3.63) is 0 Å². The largest absolute Gasteiger partial charge is 0.353 e. The van der Waals surface area contributed by atoms with E-state index in [0.717, 1.165) is 54.8 Å². The molecule has 0 radical (unpaired) electrons. The van der Waals surface area contributed by atoms with Gasteiger partial charge in [-0.25, -0.2) is 0 Å². The fraction of sp³-hybridized carbons (Fsp3) is 1.00. The zero-order valence-corrected chi connectivity index (χ0v) is 25.8. The van der Waals surface area contributed by atoms with Crippen molar-refractivity contribution < 1.29 is 28.4 Å². The molecule has 6 fully saturated rings. The Morgan fingerprint density at radius 2 is 0.725 bits per heavy atom. The SMILES string of the molecule is C1CCC(OC2CCCC([S+](C3CCCC(OC4CCCCO4)C3)C3CCCC(OC4CCCCO4)C3)C2)OC1. The number of hydrogen-bond donors (Lipinski definition) is 0. The van der Waals surface area contributed by atoms with Crippen molar-refractivity contribution in [3.63, 3.8) is 0 Å². The predicted molar refractivity (Wildman–Crippen MR) is 160 cm³/mol. The first-order valence-electron chi connectivity index (χ1n) is 17.3. The highest BCUT2D eigenvalue weighted by atomic mass is 32.2. The maximum atomic E-state index is 6.63. The minimum absolute atomic E-state index is 0.0326. The standard InChI is InChI=1S/C33H57O6S/c1-4-19-34-31(16-1)37-25-10-7-13-28(22-25)40(29-14-8-11-26(23-29)38-32-17-2-5-20-35-32)30-15-9-12-27(24-30)39-33-18-3-6-21-36-33/h25-33H,1-24H2/q+1. The maximum Gasteiger partial charge on any atom is 0.157 e. The summed E-state index contributed by atoms with van der Waals surface area (Å²) < 4.78 is 37.9. The van der Waals surface area contributed by atoms with Crippen LogP contribution < -0.4 is 0 Å². The Bertz CT molecular complexity index is 627. The van der Waals surface area contributed by atoms with Crippen molar-refractivity contribution in [3.8, 4) is 0 Å². The van der Waals surface area contributed by atoms with Crippen LogP contribution in [-0.2, 0) is 39.3 Å². The second-order valence-electron chi connectivity index (χ2n) is 13.4. The lowest BCUT2D eigenvalue weighted by molar-refractivity contribution is -0.193. The third-order valence-electron chi connectivity index (χ3n) is 10.3. The topological polar surface area (TPSA) is 55.4 Å². The summed E-state index contributed by atoms with van der Waals surface area (Å²) in [4.78, 5) is 0. The average molecular weight is 582 g/mol. The van der Waals surface area contributed by atoms with E-state index in [-0.39, 0.29) is 18.9 Å². The molecule has 3 saturated heterocycles. The molecule has 0 N–H and O–H groups in total. The molecule has 0 aromatic heterocycles. The van der Waals surface area contributed by atoms with E-state index in [1.165, 1.54) is 116 Å². The molecular weight excluding hydrogens is 524 g/mol. The molecular formula is C33H57O6S+. The minimum Gasteiger partial charge on any atom is -0.353 e. The van der Waals surface area contributed by atoms with E-state index in [0.29, 0.717) is 29.2 Å². The maximum absolute atomic E-state index is 6.63. The highest BCUT2D eigenvalue weighted by Gasteiger charge is 2.50. The molecule has 9 unspecified atom stereocenters. The molecule has 230 valence electrons. The summed E-state index contributed by atoms with van der Waals surface area (Å²) in [5, 5.41) is 2.31. The lowest BCUT2D eigenvalue weighted by Gasteiger charge is -2.41. The molecule has 7 heteroatoms. The Morgan fingerprint density at radius 3 is 1.02 bits per heavy atom. The predicted octanol–water partition coefficient (Wildman–Crippen LogP) is 7.17. The third-order valence-corrected chi connectivity index (χ3v) is 13.9. The van der Waals surface area contributed by atoms with Crippen LogP contribution in [0.5, 0.6) is 0 Å². The Morgan fingerprint density at radius 1 is 0.375 bits per heavy atom. The summed E-state index contributed by atoms with van der Waals surface area (Å²) in [5.74, 6) is 0. The normalized spacial score (nSPS) is 42.8. The summed E-state index contributed by atoms with van der Waals surface area (Å²) in [6, 6.07) is 0. The highest BCUT2D eigenvalue weighted by molar-refractivity contribution is 7.98. The van der Waals surface area contributed by atoms with Crippen LogP contribution >= 0.6 is 0 Å². The van der Waals surface area contributed by atoms with Gasteiger partial charge in [0.05, 0.1) is 18.3 Å². The van der Waals surface area contributed by atoms with Crippen molar-refractivity contribution in [2.24, 2.45) is 0 Å². The van der Waals surface area contributed by atoms with Gasteiger partial charge >= 0.3 is 0 Å². The van der Waals surface area contributed by atoms with Gasteiger partial charge < -0.3 is 28.4 Å². The van der Waals surface area contributed by atoms with E-state index in [2.05, 4.69) is 0 Å². The number of rotatable bonds is 9. The molecule has 3 saturated carbocycles. The van der Waals surface area contributed by atoms with Crippen LogP contribution in [0.2, 0.25) is 0 Å². The van der Waals surface area contributed by atoms with Gasteiger partial charge in [0.1, 0.15) is 15.7 Å². The smallest absolute Gasteiger partial charge is 0.157 e. The van der Waals surface area contributed by atoms with Gasteiger partial charge in [-0.1, -0.05) is 0 Å². The van der Waals surface area contributed by atoms with Crippen LogP contribution in [0.25, 0.3) is 0 Å². The molecule has 3 aliphatic carbocycles. The van der Waals surface area contributed by atoms with E-state index >= 15 is 0 Å². The molecule has 0 spiro atoms. The number of hydrogen-bond acceptors (Lipinski definition) is 6. The molecule has 6 nitrogen and oxygen atoms in total. The highest BCUT2D eigenvalue weighted by Crippen LogP contribution is 2.43. The van der Waals surface area contributed by atoms with Crippen LogP contribution in [-0.4, -0.2) is 72.8 Å². The Balaban J connectivity index is 1.13. The summed E-state index contributed by atoms with van der Waals surface area (Å²) in [6.45, 7) is 2.61. The monoisotopic (exact) mass is 581 g/mol. The molecule has 40 heavy (non-hydrogen) atoms. The summed E-state index contributed by atoms with van der Waals surface area (Å²) in [5.41, 5.74) is 0. The van der Waals surface area contributed by atoms with Crippen molar-refractivity contribution in [2.75, 3.05) is 19.8 Å². The van der Waals surface area contributed by atoms with Gasteiger partial charge in [0, 0.05) is 39.1 Å². The molecule has 0 amide bonds. The zero-order valence-electron chi connectivity index (χ0n) is 25.0. The Labute approximate surface area is 246 Å². The first-order chi connectivity index (χ1) is 19.8. The molecule has 0 aromatic carbocycles. The lowest BCUT2D eigenvalue weighted by atomic mass is 9.95. The molecule has 9 atom stereocenters. The molecule has 0 aromatic rings. The fourth-order valence-electron chi connectivity index (χ4n) is 8.33. The minimum atomic E-state index is 0.0326. The van der Waals surface area contributed by atoms with Crippen LogP contribution in [0.4, 0.5) is 0 Å². The van der Waals surface area contributed by atoms with E-state index in [9.17, 15) is 0 Å². The van der Waals surface area contributed by atoms with Gasteiger partial charge in [-0.15, -0.1) is 0 Å². The van der Waals surface area contributed by atoms with Gasteiger partial charge in [0.15, 0.2) is 18.9 Å². The van der Waals surface area contributed by atoms with Crippen LogP contribution in [0.3, 0.4) is 0 Å². The van der Waals surface area contributed by atoms with Crippen molar-refractivity contribution in [1.29, 1.82) is 0 Å².